The average molecular weight is 438 g/mol. The Kier molecular flexibility index (Phi) is 5.69. The number of ether oxygens (including phenoxy) is 1. The van der Waals surface area contributed by atoms with Crippen molar-refractivity contribution in [1.29, 1.82) is 0 Å². The van der Waals surface area contributed by atoms with Crippen LogP contribution in [0.3, 0.4) is 0 Å². The van der Waals surface area contributed by atoms with E-state index < -0.39 is 5.41 Å². The van der Waals surface area contributed by atoms with Gasteiger partial charge in [-0.05, 0) is 18.9 Å². The van der Waals surface area contributed by atoms with Crippen molar-refractivity contribution in [3.63, 3.8) is 0 Å². The van der Waals surface area contributed by atoms with Crippen LogP contribution in [0.25, 0.3) is 0 Å². The number of anilines is 1. The van der Waals surface area contributed by atoms with E-state index in [1.165, 1.54) is 12.4 Å². The zero-order valence-corrected chi connectivity index (χ0v) is 18.0. The topological polar surface area (TPSA) is 105 Å². The SMILES string of the molecule is O=C(c1cnccn1)N1CCC[C@]2(C(=O)N3CCOCC3)CN(c3ncccn3)C[C@@H]2C1. The van der Waals surface area contributed by atoms with E-state index in [9.17, 15) is 9.59 Å². The third-order valence-electron chi connectivity index (χ3n) is 6.82. The van der Waals surface area contributed by atoms with Crippen LogP contribution in [-0.4, -0.2) is 94.0 Å². The first-order chi connectivity index (χ1) is 15.7. The van der Waals surface area contributed by atoms with Crippen LogP contribution in [0.4, 0.5) is 5.95 Å². The summed E-state index contributed by atoms with van der Waals surface area (Å²) in [7, 11) is 0. The predicted molar refractivity (Wildman–Crippen MR) is 115 cm³/mol. The summed E-state index contributed by atoms with van der Waals surface area (Å²) >= 11 is 0. The molecule has 0 aromatic carbocycles. The Morgan fingerprint density at radius 1 is 0.969 bits per heavy atom. The molecule has 0 spiro atoms. The first-order valence-corrected chi connectivity index (χ1v) is 11.1. The Hall–Kier alpha value is -3.14. The summed E-state index contributed by atoms with van der Waals surface area (Å²) in [6.07, 6.45) is 9.50. The Bertz CT molecular complexity index is 955. The van der Waals surface area contributed by atoms with Crippen LogP contribution < -0.4 is 4.90 Å². The van der Waals surface area contributed by atoms with E-state index in [1.54, 1.807) is 24.7 Å². The maximum absolute atomic E-state index is 13.9. The molecule has 5 rings (SSSR count). The van der Waals surface area contributed by atoms with E-state index in [2.05, 4.69) is 24.8 Å². The Labute approximate surface area is 186 Å². The summed E-state index contributed by atoms with van der Waals surface area (Å²) in [4.78, 5) is 50.0. The predicted octanol–water partition coefficient (Wildman–Crippen LogP) is 0.484. The zero-order valence-electron chi connectivity index (χ0n) is 18.0. The van der Waals surface area contributed by atoms with Crippen LogP contribution in [0, 0.1) is 11.3 Å². The van der Waals surface area contributed by atoms with Crippen LogP contribution in [0.1, 0.15) is 23.3 Å². The number of fused-ring (bicyclic) bond motifs is 1. The fourth-order valence-corrected chi connectivity index (χ4v) is 5.23. The van der Waals surface area contributed by atoms with Gasteiger partial charge in [-0.1, -0.05) is 0 Å². The average Bonchev–Trinajstić information content (AvgIpc) is 3.13. The molecule has 10 nitrogen and oxygen atoms in total. The van der Waals surface area contributed by atoms with Gasteiger partial charge in [-0.25, -0.2) is 15.0 Å². The molecule has 10 heteroatoms. The molecule has 0 N–H and O–H groups in total. The largest absolute Gasteiger partial charge is 0.378 e. The fourth-order valence-electron chi connectivity index (χ4n) is 5.23. The number of hydrogen-bond donors (Lipinski definition) is 0. The van der Waals surface area contributed by atoms with Crippen LogP contribution in [-0.2, 0) is 9.53 Å². The number of likely N-dealkylation sites (tertiary alicyclic amines) is 1. The molecule has 3 aliphatic rings. The molecular weight excluding hydrogens is 410 g/mol. The quantitative estimate of drug-likeness (QED) is 0.683. The number of nitrogens with zero attached hydrogens (tertiary/aromatic N) is 7. The van der Waals surface area contributed by atoms with Crippen molar-refractivity contribution in [3.8, 4) is 0 Å². The van der Waals surface area contributed by atoms with Crippen LogP contribution >= 0.6 is 0 Å². The van der Waals surface area contributed by atoms with Gasteiger partial charge in [-0.3, -0.25) is 14.6 Å². The number of morpholine rings is 1. The van der Waals surface area contributed by atoms with Gasteiger partial charge in [-0.15, -0.1) is 0 Å². The van der Waals surface area contributed by atoms with Crippen molar-refractivity contribution in [3.05, 3.63) is 42.7 Å². The smallest absolute Gasteiger partial charge is 0.274 e. The molecule has 2 atom stereocenters. The highest BCUT2D eigenvalue weighted by Gasteiger charge is 2.55. The lowest BCUT2D eigenvalue weighted by Gasteiger charge is -2.38. The van der Waals surface area contributed by atoms with Gasteiger partial charge in [0.15, 0.2) is 0 Å². The lowest BCUT2D eigenvalue weighted by Crippen LogP contribution is -2.53. The Morgan fingerprint density at radius 2 is 1.78 bits per heavy atom. The molecule has 168 valence electrons. The molecule has 2 amide bonds. The van der Waals surface area contributed by atoms with Crippen LogP contribution in [0.5, 0.6) is 0 Å². The second kappa shape index (κ2) is 8.78. The first-order valence-electron chi connectivity index (χ1n) is 11.1. The van der Waals surface area contributed by atoms with E-state index in [-0.39, 0.29) is 17.7 Å². The van der Waals surface area contributed by atoms with Gasteiger partial charge in [0.25, 0.3) is 5.91 Å². The highest BCUT2D eigenvalue weighted by atomic mass is 16.5. The van der Waals surface area contributed by atoms with Gasteiger partial charge < -0.3 is 19.4 Å². The monoisotopic (exact) mass is 437 g/mol. The molecule has 5 heterocycles. The highest BCUT2D eigenvalue weighted by molar-refractivity contribution is 5.92. The van der Waals surface area contributed by atoms with E-state index >= 15 is 0 Å². The second-order valence-electron chi connectivity index (χ2n) is 8.63. The van der Waals surface area contributed by atoms with E-state index in [4.69, 9.17) is 4.74 Å². The van der Waals surface area contributed by atoms with Gasteiger partial charge in [0, 0.05) is 70.0 Å². The van der Waals surface area contributed by atoms with Gasteiger partial charge in [0.2, 0.25) is 11.9 Å². The van der Waals surface area contributed by atoms with Gasteiger partial charge in [0.05, 0.1) is 24.8 Å². The number of amides is 2. The summed E-state index contributed by atoms with van der Waals surface area (Å²) in [5.74, 6) is 0.631. The third-order valence-corrected chi connectivity index (χ3v) is 6.82. The summed E-state index contributed by atoms with van der Waals surface area (Å²) in [5.41, 5.74) is -0.241. The molecule has 0 aliphatic carbocycles. The molecule has 32 heavy (non-hydrogen) atoms. The number of aromatic nitrogens is 4. The molecule has 3 saturated heterocycles. The summed E-state index contributed by atoms with van der Waals surface area (Å²) in [5, 5.41) is 0. The molecular formula is C22H27N7O3. The summed E-state index contributed by atoms with van der Waals surface area (Å²) in [6, 6.07) is 1.79. The number of carbonyl (C=O) groups is 2. The number of carbonyl (C=O) groups excluding carboxylic acids is 2. The fraction of sp³-hybridized carbons (Fsp3) is 0.545. The molecule has 0 unspecified atom stereocenters. The van der Waals surface area contributed by atoms with E-state index in [0.717, 1.165) is 12.8 Å². The van der Waals surface area contributed by atoms with Crippen molar-refractivity contribution >= 4 is 17.8 Å². The van der Waals surface area contributed by atoms with Crippen LogP contribution in [0.2, 0.25) is 0 Å². The lowest BCUT2D eigenvalue weighted by molar-refractivity contribution is -0.148. The minimum Gasteiger partial charge on any atom is -0.378 e. The van der Waals surface area contributed by atoms with Crippen molar-refractivity contribution in [1.82, 2.24) is 29.7 Å². The minimum atomic E-state index is -0.575. The maximum Gasteiger partial charge on any atom is 0.274 e. The molecule has 3 aliphatic heterocycles. The summed E-state index contributed by atoms with van der Waals surface area (Å²) < 4.78 is 5.47. The standard InChI is InChI=1S/C22H27N7O3/c30-19(18-13-23-6-7-24-18)28-8-1-3-22(20(31)27-9-11-32-12-10-27)16-29(15-17(22)14-28)21-25-4-2-5-26-21/h2,4-7,13,17H,1,3,8-12,14-16H2/t17-,22-/m0/s1. The summed E-state index contributed by atoms with van der Waals surface area (Å²) in [6.45, 7) is 4.63. The highest BCUT2D eigenvalue weighted by Crippen LogP contribution is 2.45. The minimum absolute atomic E-state index is 0.0234. The second-order valence-corrected chi connectivity index (χ2v) is 8.63. The number of hydrogen-bond acceptors (Lipinski definition) is 8. The zero-order chi connectivity index (χ0) is 22.0. The maximum atomic E-state index is 13.9. The molecule has 2 aromatic heterocycles. The molecule has 3 fully saturated rings. The molecule has 0 saturated carbocycles. The van der Waals surface area contributed by atoms with Crippen molar-refractivity contribution in [2.45, 2.75) is 12.8 Å². The normalized spacial score (nSPS) is 25.9. The van der Waals surface area contributed by atoms with E-state index in [1.807, 2.05) is 9.80 Å². The molecule has 2 aromatic rings. The first kappa shape index (κ1) is 20.7. The van der Waals surface area contributed by atoms with Crippen molar-refractivity contribution < 1.29 is 14.3 Å². The Balaban J connectivity index is 1.45. The molecule has 0 bridgehead atoms. The third kappa shape index (κ3) is 3.79. The van der Waals surface area contributed by atoms with Crippen molar-refractivity contribution in [2.24, 2.45) is 11.3 Å². The van der Waals surface area contributed by atoms with Gasteiger partial charge >= 0.3 is 0 Å². The van der Waals surface area contributed by atoms with Gasteiger partial charge in [0.1, 0.15) is 5.69 Å². The number of rotatable bonds is 3. The van der Waals surface area contributed by atoms with Gasteiger partial charge in [-0.2, -0.15) is 0 Å². The lowest BCUT2D eigenvalue weighted by atomic mass is 9.73. The van der Waals surface area contributed by atoms with Crippen molar-refractivity contribution in [2.75, 3.05) is 57.4 Å². The molecule has 0 radical (unpaired) electrons. The van der Waals surface area contributed by atoms with E-state index in [0.29, 0.717) is 64.1 Å². The van der Waals surface area contributed by atoms with Crippen LogP contribution in [0.15, 0.2) is 37.1 Å². The Morgan fingerprint density at radius 3 is 2.53 bits per heavy atom.